The average Bonchev–Trinajstić information content (AvgIpc) is 2.31. The molecule has 0 spiro atoms. The van der Waals surface area contributed by atoms with Crippen LogP contribution in [0, 0.1) is 11.3 Å². The summed E-state index contributed by atoms with van der Waals surface area (Å²) in [4.78, 5) is 12.3. The standard InChI is InChI=1S/C12H13Cl5O3/c1-11-5(2-3-6(8(11)18)9(13)14)4-7(12(15,16)17)20-10(11)19/h5,7-8,18H,2-4H2,1H3/t5?,7-,8-,11+/m1/s1. The SMILES string of the molecule is C[C@]12C(=O)O[C@@H](C(Cl)(Cl)Cl)CC1CCC(=C(Cl)Cl)[C@H]2O. The van der Waals surface area contributed by atoms with Crippen LogP contribution < -0.4 is 0 Å². The fourth-order valence-electron chi connectivity index (χ4n) is 2.95. The van der Waals surface area contributed by atoms with Crippen LogP contribution in [0.25, 0.3) is 0 Å². The number of aliphatic hydroxyl groups excluding tert-OH is 1. The molecule has 114 valence electrons. The summed E-state index contributed by atoms with van der Waals surface area (Å²) in [6.45, 7) is 1.63. The van der Waals surface area contributed by atoms with Gasteiger partial charge < -0.3 is 9.84 Å². The summed E-state index contributed by atoms with van der Waals surface area (Å²) in [7, 11) is 0. The van der Waals surface area contributed by atoms with E-state index in [2.05, 4.69) is 0 Å². The lowest BCUT2D eigenvalue weighted by Gasteiger charge is -2.49. The van der Waals surface area contributed by atoms with E-state index in [4.69, 9.17) is 62.7 Å². The topological polar surface area (TPSA) is 46.5 Å². The van der Waals surface area contributed by atoms with Crippen molar-refractivity contribution in [1.82, 2.24) is 0 Å². The first kappa shape index (κ1) is 17.0. The van der Waals surface area contributed by atoms with Crippen LogP contribution in [-0.2, 0) is 9.53 Å². The highest BCUT2D eigenvalue weighted by molar-refractivity contribution is 6.68. The minimum Gasteiger partial charge on any atom is -0.457 e. The number of fused-ring (bicyclic) bond motifs is 1. The Morgan fingerprint density at radius 1 is 1.40 bits per heavy atom. The summed E-state index contributed by atoms with van der Waals surface area (Å²) < 4.78 is 3.53. The van der Waals surface area contributed by atoms with E-state index in [1.54, 1.807) is 6.92 Å². The molecule has 1 heterocycles. The van der Waals surface area contributed by atoms with Crippen LogP contribution in [0.4, 0.5) is 0 Å². The zero-order chi connectivity index (χ0) is 15.3. The molecule has 0 aromatic rings. The molecule has 1 N–H and O–H groups in total. The molecule has 0 radical (unpaired) electrons. The van der Waals surface area contributed by atoms with Crippen molar-refractivity contribution in [3.63, 3.8) is 0 Å². The van der Waals surface area contributed by atoms with Gasteiger partial charge >= 0.3 is 5.97 Å². The zero-order valence-electron chi connectivity index (χ0n) is 10.5. The Balaban J connectivity index is 2.33. The number of hydrogen-bond acceptors (Lipinski definition) is 3. The molecule has 20 heavy (non-hydrogen) atoms. The third-order valence-electron chi connectivity index (χ3n) is 4.30. The Morgan fingerprint density at radius 2 is 2.00 bits per heavy atom. The molecule has 2 aliphatic rings. The molecular formula is C12H13Cl5O3. The monoisotopic (exact) mass is 380 g/mol. The van der Waals surface area contributed by atoms with Crippen LogP contribution in [0.15, 0.2) is 10.1 Å². The summed E-state index contributed by atoms with van der Waals surface area (Å²) in [5, 5.41) is 10.4. The van der Waals surface area contributed by atoms with Crippen molar-refractivity contribution >= 4 is 64.0 Å². The maximum absolute atomic E-state index is 12.3. The molecule has 3 nitrogen and oxygen atoms in total. The molecule has 0 aromatic heterocycles. The number of carbonyl (C=O) groups excluding carboxylic acids is 1. The lowest BCUT2D eigenvalue weighted by molar-refractivity contribution is -0.187. The molecule has 1 unspecified atom stereocenters. The number of carbonyl (C=O) groups is 1. The van der Waals surface area contributed by atoms with Crippen LogP contribution in [0.2, 0.25) is 0 Å². The van der Waals surface area contributed by atoms with Crippen molar-refractivity contribution in [3.05, 3.63) is 10.1 Å². The van der Waals surface area contributed by atoms with Gasteiger partial charge in [0.05, 0.1) is 11.5 Å². The summed E-state index contributed by atoms with van der Waals surface area (Å²) in [5.74, 6) is -0.750. The average molecular weight is 382 g/mol. The molecule has 0 bridgehead atoms. The largest absolute Gasteiger partial charge is 0.457 e. The van der Waals surface area contributed by atoms with E-state index in [1.165, 1.54) is 0 Å². The summed E-state index contributed by atoms with van der Waals surface area (Å²) in [6, 6.07) is 0. The van der Waals surface area contributed by atoms with Crippen molar-refractivity contribution in [3.8, 4) is 0 Å². The van der Waals surface area contributed by atoms with Gasteiger partial charge in [-0.3, -0.25) is 4.79 Å². The minimum atomic E-state index is -1.68. The van der Waals surface area contributed by atoms with Gasteiger partial charge in [-0.05, 0) is 37.7 Å². The molecule has 8 heteroatoms. The number of halogens is 5. The molecule has 1 aliphatic carbocycles. The van der Waals surface area contributed by atoms with E-state index in [1.807, 2.05) is 0 Å². The van der Waals surface area contributed by atoms with E-state index in [0.717, 1.165) is 0 Å². The van der Waals surface area contributed by atoms with Gasteiger partial charge in [0, 0.05) is 0 Å². The first-order chi connectivity index (χ1) is 9.08. The predicted molar refractivity (Wildman–Crippen MR) is 80.4 cm³/mol. The summed E-state index contributed by atoms with van der Waals surface area (Å²) in [5.41, 5.74) is -0.661. The third kappa shape index (κ3) is 2.78. The lowest BCUT2D eigenvalue weighted by Crippen LogP contribution is -2.57. The number of cyclic esters (lactones) is 1. The van der Waals surface area contributed by atoms with Crippen molar-refractivity contribution in [1.29, 1.82) is 0 Å². The van der Waals surface area contributed by atoms with Gasteiger partial charge in [-0.1, -0.05) is 58.0 Å². The first-order valence-corrected chi connectivity index (χ1v) is 7.97. The van der Waals surface area contributed by atoms with Crippen LogP contribution in [0.3, 0.4) is 0 Å². The molecule has 1 saturated carbocycles. The Labute approximate surface area is 142 Å². The highest BCUT2D eigenvalue weighted by Crippen LogP contribution is 2.53. The van der Waals surface area contributed by atoms with Gasteiger partial charge in [-0.15, -0.1) is 0 Å². The Kier molecular flexibility index (Phi) is 4.82. The molecule has 2 fully saturated rings. The Hall–Kier alpha value is 0.620. The zero-order valence-corrected chi connectivity index (χ0v) is 14.3. The molecule has 1 saturated heterocycles. The normalized spacial score (nSPS) is 38.2. The molecule has 2 rings (SSSR count). The number of aliphatic hydroxyl groups is 1. The summed E-state index contributed by atoms with van der Waals surface area (Å²) in [6.07, 6.45) is -0.400. The highest BCUT2D eigenvalue weighted by atomic mass is 35.6. The highest BCUT2D eigenvalue weighted by Gasteiger charge is 2.58. The van der Waals surface area contributed by atoms with Crippen LogP contribution >= 0.6 is 58.0 Å². The maximum Gasteiger partial charge on any atom is 0.315 e. The smallest absolute Gasteiger partial charge is 0.315 e. The van der Waals surface area contributed by atoms with Gasteiger partial charge in [0.2, 0.25) is 3.79 Å². The number of ether oxygens (including phenoxy) is 1. The summed E-state index contributed by atoms with van der Waals surface area (Å²) >= 11 is 29.0. The number of hydrogen-bond donors (Lipinski definition) is 1. The Morgan fingerprint density at radius 3 is 2.50 bits per heavy atom. The quantitative estimate of drug-likeness (QED) is 0.506. The van der Waals surface area contributed by atoms with E-state index >= 15 is 0 Å². The second-order valence-corrected chi connectivity index (χ2v) is 8.70. The molecule has 4 atom stereocenters. The fraction of sp³-hybridized carbons (Fsp3) is 0.750. The second-order valence-electron chi connectivity index (χ2n) is 5.38. The van der Waals surface area contributed by atoms with Gasteiger partial charge in [-0.25, -0.2) is 0 Å². The van der Waals surface area contributed by atoms with Crippen LogP contribution in [0.1, 0.15) is 26.2 Å². The van der Waals surface area contributed by atoms with Crippen molar-refractivity contribution in [2.24, 2.45) is 11.3 Å². The lowest BCUT2D eigenvalue weighted by atomic mass is 9.61. The van der Waals surface area contributed by atoms with Crippen LogP contribution in [-0.4, -0.2) is 27.1 Å². The van der Waals surface area contributed by atoms with Gasteiger partial charge in [0.25, 0.3) is 0 Å². The minimum absolute atomic E-state index is 0.00604. The first-order valence-electron chi connectivity index (χ1n) is 6.08. The molecule has 0 amide bonds. The molecular weight excluding hydrogens is 369 g/mol. The fourth-order valence-corrected chi connectivity index (χ4v) is 3.75. The Bertz CT molecular complexity index is 454. The van der Waals surface area contributed by atoms with Gasteiger partial charge in [0.15, 0.2) is 0 Å². The van der Waals surface area contributed by atoms with E-state index in [-0.39, 0.29) is 10.4 Å². The van der Waals surface area contributed by atoms with Crippen molar-refractivity contribution < 1.29 is 14.6 Å². The predicted octanol–water partition coefficient (Wildman–Crippen LogP) is 4.14. The van der Waals surface area contributed by atoms with Crippen molar-refractivity contribution in [2.45, 2.75) is 42.2 Å². The van der Waals surface area contributed by atoms with E-state index in [9.17, 15) is 9.90 Å². The second kappa shape index (κ2) is 5.68. The molecule has 1 aliphatic heterocycles. The van der Waals surface area contributed by atoms with Gasteiger partial charge in [-0.2, -0.15) is 0 Å². The number of alkyl halides is 3. The van der Waals surface area contributed by atoms with E-state index < -0.39 is 27.4 Å². The third-order valence-corrected chi connectivity index (χ3v) is 5.52. The van der Waals surface area contributed by atoms with Crippen molar-refractivity contribution in [2.75, 3.05) is 0 Å². The number of esters is 1. The number of rotatable bonds is 0. The van der Waals surface area contributed by atoms with Gasteiger partial charge in [0.1, 0.15) is 10.6 Å². The molecule has 0 aromatic carbocycles. The van der Waals surface area contributed by atoms with Crippen LogP contribution in [0.5, 0.6) is 0 Å². The van der Waals surface area contributed by atoms with E-state index in [0.29, 0.717) is 24.8 Å². The maximum atomic E-state index is 12.3.